The summed E-state index contributed by atoms with van der Waals surface area (Å²) in [5.41, 5.74) is 1.69. The van der Waals surface area contributed by atoms with E-state index in [-0.39, 0.29) is 22.6 Å². The highest BCUT2D eigenvalue weighted by atomic mass is 19.1. The van der Waals surface area contributed by atoms with Gasteiger partial charge in [0, 0.05) is 41.4 Å². The third-order valence-electron chi connectivity index (χ3n) is 5.68. The van der Waals surface area contributed by atoms with E-state index in [4.69, 9.17) is 9.84 Å². The van der Waals surface area contributed by atoms with E-state index in [0.29, 0.717) is 17.6 Å². The van der Waals surface area contributed by atoms with Crippen LogP contribution >= 0.6 is 0 Å². The number of hydrogen-bond donors (Lipinski definition) is 2. The average molecular weight is 515 g/mol. The number of hydrogen-bond acceptors (Lipinski definition) is 5. The van der Waals surface area contributed by atoms with Gasteiger partial charge in [-0.3, -0.25) is 15.3 Å². The average Bonchev–Trinajstić information content (AvgIpc) is 3.31. The van der Waals surface area contributed by atoms with Crippen molar-refractivity contribution in [1.29, 1.82) is 0 Å². The van der Waals surface area contributed by atoms with Crippen molar-refractivity contribution in [3.8, 4) is 17.2 Å². The van der Waals surface area contributed by atoms with Crippen LogP contribution in [0.4, 0.5) is 25.1 Å². The van der Waals surface area contributed by atoms with Gasteiger partial charge in [-0.1, -0.05) is 26.8 Å². The topological polar surface area (TPSA) is 94.0 Å². The molecular formula is C28H24F2N6O2. The van der Waals surface area contributed by atoms with Crippen molar-refractivity contribution in [2.24, 2.45) is 0 Å². The number of nitrogens with zero attached hydrogens (tertiary/aromatic N) is 4. The van der Waals surface area contributed by atoms with Gasteiger partial charge in [0.25, 0.3) is 0 Å². The second kappa shape index (κ2) is 9.89. The maximum Gasteiger partial charge on any atom is 0.324 e. The minimum absolute atomic E-state index is 0.262. The number of anilines is 2. The number of amides is 2. The van der Waals surface area contributed by atoms with Crippen LogP contribution in [0.2, 0.25) is 0 Å². The first-order valence-electron chi connectivity index (χ1n) is 11.8. The fraction of sp³-hybridized carbons (Fsp3) is 0.143. The number of carbonyl (C=O) groups is 1. The SMILES string of the molecule is CC(C)(C)c1cc(NC(=O)Nc2cc(Oc3cccnc3)c(F)cc2F)n(-c2ccc3ncccc3c2)n1. The van der Waals surface area contributed by atoms with E-state index in [2.05, 4.69) is 20.6 Å². The molecule has 0 aliphatic heterocycles. The molecule has 3 heterocycles. The summed E-state index contributed by atoms with van der Waals surface area (Å²) in [4.78, 5) is 21.2. The minimum Gasteiger partial charge on any atom is -0.453 e. The summed E-state index contributed by atoms with van der Waals surface area (Å²) in [6, 6.07) is 15.3. The van der Waals surface area contributed by atoms with Crippen molar-refractivity contribution < 1.29 is 18.3 Å². The standard InChI is InChI=1S/C28H24F2N6O2/c1-28(2,3)25-15-26(36(35-25)18-8-9-22-17(12-18)6-4-11-32-22)34-27(37)33-23-14-24(21(30)13-20(23)29)38-19-7-5-10-31-16-19/h4-16H,1-3H3,(H2,33,34,37). The van der Waals surface area contributed by atoms with Crippen molar-refractivity contribution in [3.63, 3.8) is 0 Å². The molecule has 0 saturated carbocycles. The number of rotatable bonds is 5. The summed E-state index contributed by atoms with van der Waals surface area (Å²) in [5, 5.41) is 10.8. The second-order valence-electron chi connectivity index (χ2n) is 9.59. The third-order valence-corrected chi connectivity index (χ3v) is 5.68. The Hall–Kier alpha value is -4.86. The van der Waals surface area contributed by atoms with Crippen LogP contribution in [0.25, 0.3) is 16.6 Å². The fourth-order valence-electron chi connectivity index (χ4n) is 3.74. The molecule has 38 heavy (non-hydrogen) atoms. The zero-order chi connectivity index (χ0) is 26.9. The number of fused-ring (bicyclic) bond motifs is 1. The quantitative estimate of drug-likeness (QED) is 0.268. The van der Waals surface area contributed by atoms with Gasteiger partial charge in [0.1, 0.15) is 17.4 Å². The molecule has 2 N–H and O–H groups in total. The minimum atomic E-state index is -0.956. The molecule has 8 nitrogen and oxygen atoms in total. The number of carbonyl (C=O) groups excluding carboxylic acids is 1. The van der Waals surface area contributed by atoms with Gasteiger partial charge in [-0.2, -0.15) is 5.10 Å². The molecule has 0 bridgehead atoms. The Morgan fingerprint density at radius 3 is 2.53 bits per heavy atom. The lowest BCUT2D eigenvalue weighted by molar-refractivity contribution is 0.262. The molecule has 0 saturated heterocycles. The monoisotopic (exact) mass is 514 g/mol. The number of ether oxygens (including phenoxy) is 1. The first-order valence-corrected chi connectivity index (χ1v) is 11.8. The van der Waals surface area contributed by atoms with Crippen molar-refractivity contribution >= 4 is 28.4 Å². The number of urea groups is 1. The van der Waals surface area contributed by atoms with Crippen LogP contribution < -0.4 is 15.4 Å². The maximum atomic E-state index is 14.5. The van der Waals surface area contributed by atoms with Gasteiger partial charge in [-0.25, -0.2) is 18.3 Å². The van der Waals surface area contributed by atoms with Crippen LogP contribution in [0.15, 0.2) is 79.3 Å². The molecule has 10 heteroatoms. The summed E-state index contributed by atoms with van der Waals surface area (Å²) in [6.07, 6.45) is 4.64. The summed E-state index contributed by atoms with van der Waals surface area (Å²) in [5.74, 6) is -1.51. The van der Waals surface area contributed by atoms with Gasteiger partial charge in [0.05, 0.1) is 28.8 Å². The highest BCUT2D eigenvalue weighted by molar-refractivity contribution is 5.99. The summed E-state index contributed by atoms with van der Waals surface area (Å²) in [7, 11) is 0. The lowest BCUT2D eigenvalue weighted by Crippen LogP contribution is -2.22. The molecule has 0 atom stereocenters. The molecule has 5 aromatic rings. The van der Waals surface area contributed by atoms with Gasteiger partial charge in [0.15, 0.2) is 11.6 Å². The summed E-state index contributed by atoms with van der Waals surface area (Å²) in [6.45, 7) is 6.02. The highest BCUT2D eigenvalue weighted by Crippen LogP contribution is 2.30. The largest absolute Gasteiger partial charge is 0.453 e. The molecule has 0 radical (unpaired) electrons. The fourth-order valence-corrected chi connectivity index (χ4v) is 3.74. The van der Waals surface area contributed by atoms with E-state index in [1.54, 1.807) is 29.1 Å². The van der Waals surface area contributed by atoms with Crippen molar-refractivity contribution in [3.05, 3.63) is 96.6 Å². The molecule has 2 aromatic carbocycles. The Morgan fingerprint density at radius 1 is 0.947 bits per heavy atom. The van der Waals surface area contributed by atoms with Gasteiger partial charge in [-0.05, 0) is 36.4 Å². The Morgan fingerprint density at radius 2 is 1.76 bits per heavy atom. The number of pyridine rings is 2. The number of nitrogens with one attached hydrogen (secondary N) is 2. The lowest BCUT2D eigenvalue weighted by atomic mass is 9.92. The van der Waals surface area contributed by atoms with E-state index in [9.17, 15) is 13.6 Å². The molecule has 0 aliphatic rings. The van der Waals surface area contributed by atoms with E-state index in [1.807, 2.05) is 51.1 Å². The normalized spacial score (nSPS) is 11.4. The highest BCUT2D eigenvalue weighted by Gasteiger charge is 2.22. The first-order chi connectivity index (χ1) is 18.2. The van der Waals surface area contributed by atoms with Crippen LogP contribution in [0.5, 0.6) is 11.5 Å². The summed E-state index contributed by atoms with van der Waals surface area (Å²) < 4.78 is 35.9. The van der Waals surface area contributed by atoms with Gasteiger partial charge in [0.2, 0.25) is 0 Å². The summed E-state index contributed by atoms with van der Waals surface area (Å²) >= 11 is 0. The molecule has 2 amide bonds. The molecular weight excluding hydrogens is 490 g/mol. The van der Waals surface area contributed by atoms with E-state index >= 15 is 0 Å². The first kappa shape index (κ1) is 24.8. The van der Waals surface area contributed by atoms with Gasteiger partial charge < -0.3 is 10.1 Å². The Bertz CT molecular complexity index is 1630. The third kappa shape index (κ3) is 5.29. The van der Waals surface area contributed by atoms with Crippen LogP contribution in [-0.4, -0.2) is 25.8 Å². The van der Waals surface area contributed by atoms with Crippen LogP contribution in [0.3, 0.4) is 0 Å². The molecule has 0 unspecified atom stereocenters. The predicted octanol–water partition coefficient (Wildman–Crippen LogP) is 6.83. The number of halogens is 2. The molecule has 0 aliphatic carbocycles. The van der Waals surface area contributed by atoms with E-state index in [0.717, 1.165) is 22.7 Å². The van der Waals surface area contributed by atoms with Crippen LogP contribution in [0.1, 0.15) is 26.5 Å². The maximum absolute atomic E-state index is 14.5. The molecule has 3 aromatic heterocycles. The Balaban J connectivity index is 1.43. The Labute approximate surface area is 217 Å². The number of aromatic nitrogens is 4. The van der Waals surface area contributed by atoms with Crippen LogP contribution in [-0.2, 0) is 5.41 Å². The van der Waals surface area contributed by atoms with Crippen molar-refractivity contribution in [2.45, 2.75) is 26.2 Å². The smallest absolute Gasteiger partial charge is 0.324 e. The molecule has 0 fully saturated rings. The van der Waals surface area contributed by atoms with Crippen molar-refractivity contribution in [2.75, 3.05) is 10.6 Å². The zero-order valence-corrected chi connectivity index (χ0v) is 20.9. The van der Waals surface area contributed by atoms with Crippen molar-refractivity contribution in [1.82, 2.24) is 19.7 Å². The zero-order valence-electron chi connectivity index (χ0n) is 20.9. The van der Waals surface area contributed by atoms with Gasteiger partial charge >= 0.3 is 6.03 Å². The van der Waals surface area contributed by atoms with Gasteiger partial charge in [-0.15, -0.1) is 0 Å². The molecule has 0 spiro atoms. The molecule has 192 valence electrons. The van der Waals surface area contributed by atoms with E-state index in [1.165, 1.54) is 12.4 Å². The second-order valence-corrected chi connectivity index (χ2v) is 9.59. The number of benzene rings is 2. The van der Waals surface area contributed by atoms with E-state index < -0.39 is 17.7 Å². The lowest BCUT2D eigenvalue weighted by Gasteiger charge is -2.14. The Kier molecular flexibility index (Phi) is 6.46. The molecule has 5 rings (SSSR count). The predicted molar refractivity (Wildman–Crippen MR) is 141 cm³/mol. The van der Waals surface area contributed by atoms with Crippen LogP contribution in [0, 0.1) is 11.6 Å².